The number of thioether (sulfide) groups is 1. The van der Waals surface area contributed by atoms with Crippen molar-refractivity contribution in [3.8, 4) is 5.75 Å². The van der Waals surface area contributed by atoms with E-state index < -0.39 is 10.8 Å². The second-order valence-electron chi connectivity index (χ2n) is 4.05. The molecule has 0 aliphatic carbocycles. The molecule has 112 valence electrons. The average molecular weight is 335 g/mol. The van der Waals surface area contributed by atoms with Crippen LogP contribution in [-0.2, 0) is 15.5 Å². The first kappa shape index (κ1) is 17.6. The summed E-state index contributed by atoms with van der Waals surface area (Å²) in [7, 11) is 0.608. The van der Waals surface area contributed by atoms with Gasteiger partial charge in [-0.25, -0.2) is 0 Å². The Balaban J connectivity index is 3.02. The first-order valence-corrected chi connectivity index (χ1v) is 9.24. The summed E-state index contributed by atoms with van der Waals surface area (Å²) in [6, 6.07) is 5.47. The van der Waals surface area contributed by atoms with Gasteiger partial charge in [-0.1, -0.05) is 30.3 Å². The van der Waals surface area contributed by atoms with Crippen LogP contribution in [0.2, 0.25) is 5.02 Å². The van der Waals surface area contributed by atoms with Crippen LogP contribution in [0.3, 0.4) is 0 Å². The molecular formula is C14H19ClO3S2. The summed E-state index contributed by atoms with van der Waals surface area (Å²) in [5, 5.41) is 0.508. The van der Waals surface area contributed by atoms with Gasteiger partial charge >= 0.3 is 0 Å². The van der Waals surface area contributed by atoms with Crippen LogP contribution in [0.15, 0.2) is 30.9 Å². The van der Waals surface area contributed by atoms with Crippen LogP contribution in [0.1, 0.15) is 11.7 Å². The van der Waals surface area contributed by atoms with Crippen LogP contribution in [-0.4, -0.2) is 35.0 Å². The number of ether oxygens (including phenoxy) is 2. The Morgan fingerprint density at radius 3 is 2.70 bits per heavy atom. The average Bonchev–Trinajstić information content (AvgIpc) is 2.42. The van der Waals surface area contributed by atoms with Crippen molar-refractivity contribution in [1.82, 2.24) is 0 Å². The Morgan fingerprint density at radius 2 is 2.25 bits per heavy atom. The van der Waals surface area contributed by atoms with Crippen LogP contribution in [0.5, 0.6) is 5.75 Å². The third kappa shape index (κ3) is 4.52. The Bertz CT molecular complexity index is 479. The molecule has 0 amide bonds. The third-order valence-corrected chi connectivity index (χ3v) is 6.00. The Morgan fingerprint density at radius 1 is 1.55 bits per heavy atom. The summed E-state index contributed by atoms with van der Waals surface area (Å²) in [4.78, 5) is 0. The lowest BCUT2D eigenvalue weighted by atomic mass is 10.1. The standard InChI is InChI=1S/C14H19ClO3S2/c1-5-8-18-12-7-6-10(9-11(12)15)13(17-2)14(19-3)20(4)16/h5-7,9,13-14H,1,8H2,2-4H3. The molecule has 0 fully saturated rings. The van der Waals surface area contributed by atoms with Gasteiger partial charge in [-0.15, -0.1) is 11.8 Å². The largest absolute Gasteiger partial charge is 0.488 e. The molecule has 3 atom stereocenters. The summed E-state index contributed by atoms with van der Waals surface area (Å²) in [6.45, 7) is 4.00. The molecule has 0 bridgehead atoms. The summed E-state index contributed by atoms with van der Waals surface area (Å²) in [5.74, 6) is 0.600. The molecule has 0 aromatic heterocycles. The van der Waals surface area contributed by atoms with E-state index in [9.17, 15) is 4.21 Å². The van der Waals surface area contributed by atoms with Crippen molar-refractivity contribution in [3.63, 3.8) is 0 Å². The molecular weight excluding hydrogens is 316 g/mol. The van der Waals surface area contributed by atoms with E-state index >= 15 is 0 Å². The maximum Gasteiger partial charge on any atom is 0.138 e. The molecule has 0 radical (unpaired) electrons. The van der Waals surface area contributed by atoms with E-state index in [0.717, 1.165) is 5.56 Å². The summed E-state index contributed by atoms with van der Waals surface area (Å²) >= 11 is 7.71. The molecule has 0 spiro atoms. The smallest absolute Gasteiger partial charge is 0.138 e. The molecule has 0 aliphatic heterocycles. The van der Waals surface area contributed by atoms with Crippen LogP contribution < -0.4 is 4.74 Å². The Labute approximate surface area is 132 Å². The minimum absolute atomic E-state index is 0.143. The SMILES string of the molecule is C=CCOc1ccc(C(OC)C(SC)S(C)=O)cc1Cl. The number of hydrogen-bond acceptors (Lipinski definition) is 4. The molecule has 0 aliphatic rings. The second-order valence-corrected chi connectivity index (χ2v) is 7.24. The highest BCUT2D eigenvalue weighted by Crippen LogP contribution is 2.34. The maximum absolute atomic E-state index is 11.8. The van der Waals surface area contributed by atoms with Gasteiger partial charge in [-0.3, -0.25) is 4.21 Å². The Hall–Kier alpha value is -0.490. The summed E-state index contributed by atoms with van der Waals surface area (Å²) in [5.41, 5.74) is 0.887. The molecule has 0 saturated carbocycles. The summed E-state index contributed by atoms with van der Waals surface area (Å²) in [6.07, 6.45) is 4.98. The highest BCUT2D eigenvalue weighted by molar-refractivity contribution is 8.10. The van der Waals surface area contributed by atoms with Gasteiger partial charge < -0.3 is 9.47 Å². The van der Waals surface area contributed by atoms with Crippen LogP contribution in [0.4, 0.5) is 0 Å². The fourth-order valence-corrected chi connectivity index (χ4v) is 4.26. The van der Waals surface area contributed by atoms with E-state index in [-0.39, 0.29) is 10.7 Å². The van der Waals surface area contributed by atoms with Crippen molar-refractivity contribution >= 4 is 34.2 Å². The predicted octanol–water partition coefficient (Wildman–Crippen LogP) is 3.66. The first-order valence-electron chi connectivity index (χ1n) is 5.96. The number of benzene rings is 1. The molecule has 1 aromatic rings. The van der Waals surface area contributed by atoms with Gasteiger partial charge in [-0.2, -0.15) is 0 Å². The minimum Gasteiger partial charge on any atom is -0.488 e. The van der Waals surface area contributed by atoms with E-state index in [1.54, 1.807) is 31.6 Å². The van der Waals surface area contributed by atoms with Gasteiger partial charge in [0.1, 0.15) is 23.0 Å². The zero-order valence-corrected chi connectivity index (χ0v) is 14.2. The van der Waals surface area contributed by atoms with Crippen LogP contribution in [0.25, 0.3) is 0 Å². The molecule has 3 nitrogen and oxygen atoms in total. The lowest BCUT2D eigenvalue weighted by Crippen LogP contribution is -2.21. The van der Waals surface area contributed by atoms with Crippen molar-refractivity contribution in [3.05, 3.63) is 41.4 Å². The lowest BCUT2D eigenvalue weighted by molar-refractivity contribution is 0.116. The predicted molar refractivity (Wildman–Crippen MR) is 88.3 cm³/mol. The zero-order chi connectivity index (χ0) is 15.1. The van der Waals surface area contributed by atoms with Gasteiger partial charge in [0.2, 0.25) is 0 Å². The highest BCUT2D eigenvalue weighted by atomic mass is 35.5. The van der Waals surface area contributed by atoms with Crippen molar-refractivity contribution in [2.45, 2.75) is 10.7 Å². The molecule has 1 rings (SSSR count). The van der Waals surface area contributed by atoms with Crippen molar-refractivity contribution in [1.29, 1.82) is 0 Å². The number of methoxy groups -OCH3 is 1. The topological polar surface area (TPSA) is 35.5 Å². The van der Waals surface area contributed by atoms with Crippen LogP contribution in [0, 0.1) is 0 Å². The molecule has 6 heteroatoms. The lowest BCUT2D eigenvalue weighted by Gasteiger charge is -2.23. The van der Waals surface area contributed by atoms with E-state index in [1.807, 2.05) is 12.3 Å². The van der Waals surface area contributed by atoms with Gasteiger partial charge in [0, 0.05) is 24.2 Å². The molecule has 0 saturated heterocycles. The third-order valence-electron chi connectivity index (χ3n) is 2.70. The molecule has 0 heterocycles. The van der Waals surface area contributed by atoms with Gasteiger partial charge in [0.05, 0.1) is 5.02 Å². The minimum atomic E-state index is -1.00. The summed E-state index contributed by atoms with van der Waals surface area (Å²) < 4.78 is 22.6. The van der Waals surface area contributed by atoms with Crippen molar-refractivity contribution in [2.24, 2.45) is 0 Å². The Kier molecular flexibility index (Phi) is 7.66. The van der Waals surface area contributed by atoms with Gasteiger partial charge in [0.15, 0.2) is 0 Å². The highest BCUT2D eigenvalue weighted by Gasteiger charge is 2.26. The quantitative estimate of drug-likeness (QED) is 0.680. The van der Waals surface area contributed by atoms with E-state index in [1.165, 1.54) is 11.8 Å². The van der Waals surface area contributed by atoms with E-state index in [0.29, 0.717) is 17.4 Å². The van der Waals surface area contributed by atoms with E-state index in [4.69, 9.17) is 21.1 Å². The number of hydrogen-bond donors (Lipinski definition) is 0. The second kappa shape index (κ2) is 8.72. The van der Waals surface area contributed by atoms with Gasteiger partial charge in [-0.05, 0) is 24.0 Å². The number of halogens is 1. The maximum atomic E-state index is 11.8. The van der Waals surface area contributed by atoms with Crippen LogP contribution >= 0.6 is 23.4 Å². The first-order chi connectivity index (χ1) is 9.54. The molecule has 20 heavy (non-hydrogen) atoms. The fraction of sp³-hybridized carbons (Fsp3) is 0.429. The monoisotopic (exact) mass is 334 g/mol. The van der Waals surface area contributed by atoms with Gasteiger partial charge in [0.25, 0.3) is 0 Å². The normalized spacial score (nSPS) is 15.4. The number of rotatable bonds is 8. The molecule has 1 aromatic carbocycles. The van der Waals surface area contributed by atoms with Crippen molar-refractivity contribution in [2.75, 3.05) is 26.2 Å². The molecule has 3 unspecified atom stereocenters. The molecule has 0 N–H and O–H groups in total. The zero-order valence-electron chi connectivity index (χ0n) is 11.8. The van der Waals surface area contributed by atoms with Crippen molar-refractivity contribution < 1.29 is 13.7 Å². The van der Waals surface area contributed by atoms with E-state index in [2.05, 4.69) is 6.58 Å². The fourth-order valence-electron chi connectivity index (χ4n) is 1.80.